The molecular formula is C19H20ClN3O. The molecule has 0 bridgehead atoms. The highest BCUT2D eigenvalue weighted by Gasteiger charge is 2.11. The number of benzene rings is 2. The van der Waals surface area contributed by atoms with Gasteiger partial charge in [0.05, 0.1) is 18.3 Å². The Morgan fingerprint density at radius 1 is 1.25 bits per heavy atom. The number of fused-ring (bicyclic) bond motifs is 1. The first-order chi connectivity index (χ1) is 11.6. The molecule has 0 fully saturated rings. The zero-order valence-electron chi connectivity index (χ0n) is 13.8. The van der Waals surface area contributed by atoms with Gasteiger partial charge in [0.15, 0.2) is 0 Å². The molecule has 0 saturated carbocycles. The first-order valence-electron chi connectivity index (χ1n) is 8.07. The van der Waals surface area contributed by atoms with Crippen LogP contribution in [0.5, 0.6) is 0 Å². The summed E-state index contributed by atoms with van der Waals surface area (Å²) < 4.78 is 1.90. The van der Waals surface area contributed by atoms with Crippen LogP contribution in [-0.2, 0) is 6.54 Å². The smallest absolute Gasteiger partial charge is 0.251 e. The molecule has 5 heteroatoms. The van der Waals surface area contributed by atoms with E-state index in [2.05, 4.69) is 17.3 Å². The molecule has 1 atom stereocenters. The molecular weight excluding hydrogens is 322 g/mol. The van der Waals surface area contributed by atoms with E-state index in [0.29, 0.717) is 17.1 Å². The fourth-order valence-electron chi connectivity index (χ4n) is 2.51. The number of hydrogen-bond donors (Lipinski definition) is 1. The first kappa shape index (κ1) is 16.5. The van der Waals surface area contributed by atoms with Crippen molar-refractivity contribution in [2.24, 2.45) is 0 Å². The molecule has 1 heterocycles. The summed E-state index contributed by atoms with van der Waals surface area (Å²) in [6.07, 6.45) is 2.73. The number of hydrogen-bond acceptors (Lipinski definition) is 2. The van der Waals surface area contributed by atoms with Crippen molar-refractivity contribution in [3.05, 3.63) is 64.8 Å². The van der Waals surface area contributed by atoms with Crippen LogP contribution in [0.4, 0.5) is 0 Å². The minimum Gasteiger partial charge on any atom is -0.350 e. The maximum Gasteiger partial charge on any atom is 0.251 e. The highest BCUT2D eigenvalue weighted by molar-refractivity contribution is 6.30. The topological polar surface area (TPSA) is 46.9 Å². The number of carbonyl (C=O) groups excluding carboxylic acids is 1. The quantitative estimate of drug-likeness (QED) is 0.753. The molecule has 0 radical (unpaired) electrons. The minimum atomic E-state index is -0.0505. The van der Waals surface area contributed by atoms with Crippen molar-refractivity contribution in [2.45, 2.75) is 32.9 Å². The third-order valence-electron chi connectivity index (χ3n) is 4.14. The summed E-state index contributed by atoms with van der Waals surface area (Å²) in [6, 6.07) is 13.5. The lowest BCUT2D eigenvalue weighted by atomic mass is 10.1. The van der Waals surface area contributed by atoms with Gasteiger partial charge in [0.2, 0.25) is 0 Å². The Hall–Kier alpha value is -2.33. The summed E-state index contributed by atoms with van der Waals surface area (Å²) in [5, 5.41) is 9.17. The zero-order valence-corrected chi connectivity index (χ0v) is 14.5. The van der Waals surface area contributed by atoms with Crippen molar-refractivity contribution in [2.75, 3.05) is 0 Å². The lowest BCUT2D eigenvalue weighted by Gasteiger charge is -2.11. The SMILES string of the molecule is CCC(C)NC(=O)c1ccc2cnn(Cc3ccc(Cl)cc3)c2c1. The van der Waals surface area contributed by atoms with E-state index in [1.165, 1.54) is 0 Å². The van der Waals surface area contributed by atoms with Gasteiger partial charge in [-0.25, -0.2) is 0 Å². The highest BCUT2D eigenvalue weighted by Crippen LogP contribution is 2.18. The van der Waals surface area contributed by atoms with Crippen molar-refractivity contribution in [3.8, 4) is 0 Å². The molecule has 1 N–H and O–H groups in total. The molecule has 124 valence electrons. The van der Waals surface area contributed by atoms with Gasteiger partial charge in [-0.1, -0.05) is 36.7 Å². The van der Waals surface area contributed by atoms with Crippen LogP contribution in [-0.4, -0.2) is 21.7 Å². The number of amides is 1. The van der Waals surface area contributed by atoms with E-state index in [0.717, 1.165) is 22.9 Å². The molecule has 0 spiro atoms. The molecule has 0 aliphatic carbocycles. The Balaban J connectivity index is 1.88. The summed E-state index contributed by atoms with van der Waals surface area (Å²) in [7, 11) is 0. The van der Waals surface area contributed by atoms with Gasteiger partial charge < -0.3 is 5.32 Å². The van der Waals surface area contributed by atoms with Crippen LogP contribution in [0.25, 0.3) is 10.9 Å². The second kappa shape index (κ2) is 7.05. The molecule has 2 aromatic carbocycles. The summed E-state index contributed by atoms with van der Waals surface area (Å²) >= 11 is 5.93. The van der Waals surface area contributed by atoms with E-state index in [1.54, 1.807) is 0 Å². The summed E-state index contributed by atoms with van der Waals surface area (Å²) in [4.78, 5) is 12.3. The Kier molecular flexibility index (Phi) is 4.86. The van der Waals surface area contributed by atoms with Gasteiger partial charge in [-0.15, -0.1) is 0 Å². The number of nitrogens with one attached hydrogen (secondary N) is 1. The Morgan fingerprint density at radius 2 is 2.00 bits per heavy atom. The predicted octanol–water partition coefficient (Wildman–Crippen LogP) is 4.27. The van der Waals surface area contributed by atoms with Crippen molar-refractivity contribution in [1.82, 2.24) is 15.1 Å². The van der Waals surface area contributed by atoms with Gasteiger partial charge in [0.1, 0.15) is 0 Å². The van der Waals surface area contributed by atoms with Crippen molar-refractivity contribution < 1.29 is 4.79 Å². The van der Waals surface area contributed by atoms with Crippen LogP contribution >= 0.6 is 11.6 Å². The van der Waals surface area contributed by atoms with Crippen LogP contribution in [0.1, 0.15) is 36.2 Å². The largest absolute Gasteiger partial charge is 0.350 e. The number of nitrogens with zero attached hydrogens (tertiary/aromatic N) is 2. The lowest BCUT2D eigenvalue weighted by molar-refractivity contribution is 0.0939. The molecule has 24 heavy (non-hydrogen) atoms. The van der Waals surface area contributed by atoms with E-state index in [9.17, 15) is 4.79 Å². The molecule has 4 nitrogen and oxygen atoms in total. The van der Waals surface area contributed by atoms with E-state index in [1.807, 2.05) is 60.3 Å². The van der Waals surface area contributed by atoms with E-state index < -0.39 is 0 Å². The van der Waals surface area contributed by atoms with Gasteiger partial charge in [0.25, 0.3) is 5.91 Å². The van der Waals surface area contributed by atoms with Gasteiger partial charge >= 0.3 is 0 Å². The molecule has 1 amide bonds. The molecule has 0 aliphatic rings. The van der Waals surface area contributed by atoms with Crippen LogP contribution in [0.3, 0.4) is 0 Å². The maximum atomic E-state index is 12.3. The monoisotopic (exact) mass is 341 g/mol. The average molecular weight is 342 g/mol. The van der Waals surface area contributed by atoms with Gasteiger partial charge in [-0.3, -0.25) is 9.48 Å². The normalized spacial score (nSPS) is 12.3. The summed E-state index contributed by atoms with van der Waals surface area (Å²) in [5.74, 6) is -0.0505. The van der Waals surface area contributed by atoms with Crippen LogP contribution in [0.15, 0.2) is 48.7 Å². The number of rotatable bonds is 5. The van der Waals surface area contributed by atoms with Crippen molar-refractivity contribution in [3.63, 3.8) is 0 Å². The standard InChI is InChI=1S/C19H20ClN3O/c1-3-13(2)22-19(24)15-6-7-16-11-21-23(18(16)10-15)12-14-4-8-17(20)9-5-14/h4-11,13H,3,12H2,1-2H3,(H,22,24). The fourth-order valence-corrected chi connectivity index (χ4v) is 2.64. The average Bonchev–Trinajstić information content (AvgIpc) is 2.99. The molecule has 3 aromatic rings. The van der Waals surface area contributed by atoms with E-state index >= 15 is 0 Å². The van der Waals surface area contributed by atoms with E-state index in [-0.39, 0.29) is 11.9 Å². The fraction of sp³-hybridized carbons (Fsp3) is 0.263. The van der Waals surface area contributed by atoms with Crippen molar-refractivity contribution >= 4 is 28.4 Å². The zero-order chi connectivity index (χ0) is 17.1. The molecule has 1 aromatic heterocycles. The Morgan fingerprint density at radius 3 is 2.71 bits per heavy atom. The van der Waals surface area contributed by atoms with Gasteiger partial charge in [0, 0.05) is 22.0 Å². The third-order valence-corrected chi connectivity index (χ3v) is 4.39. The van der Waals surface area contributed by atoms with Crippen molar-refractivity contribution in [1.29, 1.82) is 0 Å². The molecule has 0 saturated heterocycles. The van der Waals surface area contributed by atoms with Gasteiger partial charge in [-0.05, 0) is 43.2 Å². The Bertz CT molecular complexity index is 855. The number of carbonyl (C=O) groups is 1. The predicted molar refractivity (Wildman–Crippen MR) is 97.5 cm³/mol. The second-order valence-corrected chi connectivity index (χ2v) is 6.42. The van der Waals surface area contributed by atoms with Crippen LogP contribution in [0, 0.1) is 0 Å². The minimum absolute atomic E-state index is 0.0505. The van der Waals surface area contributed by atoms with Crippen LogP contribution in [0.2, 0.25) is 5.02 Å². The number of aromatic nitrogens is 2. The molecule has 0 aliphatic heterocycles. The van der Waals surface area contributed by atoms with Gasteiger partial charge in [-0.2, -0.15) is 5.10 Å². The number of halogens is 1. The highest BCUT2D eigenvalue weighted by atomic mass is 35.5. The Labute approximate surface area is 146 Å². The second-order valence-electron chi connectivity index (χ2n) is 5.99. The molecule has 1 unspecified atom stereocenters. The molecule has 3 rings (SSSR count). The summed E-state index contributed by atoms with van der Waals surface area (Å²) in [5.41, 5.74) is 2.71. The maximum absolute atomic E-state index is 12.3. The van der Waals surface area contributed by atoms with E-state index in [4.69, 9.17) is 11.6 Å². The first-order valence-corrected chi connectivity index (χ1v) is 8.45. The third kappa shape index (κ3) is 3.60. The summed E-state index contributed by atoms with van der Waals surface area (Å²) in [6.45, 7) is 4.69. The van der Waals surface area contributed by atoms with Crippen LogP contribution < -0.4 is 5.32 Å². The lowest BCUT2D eigenvalue weighted by Crippen LogP contribution is -2.31.